The summed E-state index contributed by atoms with van der Waals surface area (Å²) < 4.78 is 0. The van der Waals surface area contributed by atoms with Crippen molar-refractivity contribution < 1.29 is 0 Å². The van der Waals surface area contributed by atoms with Gasteiger partial charge in [-0.3, -0.25) is 0 Å². The van der Waals surface area contributed by atoms with E-state index in [1.807, 2.05) is 0 Å². The van der Waals surface area contributed by atoms with E-state index in [0.717, 1.165) is 6.42 Å². The van der Waals surface area contributed by atoms with Gasteiger partial charge in [-0.1, -0.05) is 36.4 Å². The summed E-state index contributed by atoms with van der Waals surface area (Å²) in [5.41, 5.74) is 7.13. The molecule has 0 unspecified atom stereocenters. The van der Waals surface area contributed by atoms with E-state index in [1.54, 1.807) is 5.56 Å². The molecule has 0 bridgehead atoms. The first-order valence-corrected chi connectivity index (χ1v) is 7.86. The van der Waals surface area contributed by atoms with E-state index in [4.69, 9.17) is 0 Å². The highest BCUT2D eigenvalue weighted by atomic mass is 15.2. The van der Waals surface area contributed by atoms with Gasteiger partial charge in [-0.05, 0) is 30.5 Å². The molecule has 2 aromatic carbocycles. The number of hydrogen-bond acceptors (Lipinski definition) is 1. The zero-order valence-electron chi connectivity index (χ0n) is 12.0. The molecule has 1 saturated heterocycles. The van der Waals surface area contributed by atoms with Crippen LogP contribution in [0.1, 0.15) is 35.7 Å². The first-order chi connectivity index (χ1) is 10.4. The third-order valence-electron chi connectivity index (χ3n) is 5.08. The number of rotatable bonds is 0. The maximum Gasteiger partial charge on any atom is 0.0567 e. The quantitative estimate of drug-likeness (QED) is 0.643. The van der Waals surface area contributed by atoms with Crippen LogP contribution in [0.25, 0.3) is 10.9 Å². The van der Waals surface area contributed by atoms with Crippen molar-refractivity contribution in [3.63, 3.8) is 0 Å². The summed E-state index contributed by atoms with van der Waals surface area (Å²) in [5, 5.41) is 1.41. The molecule has 2 aliphatic heterocycles. The molecule has 0 saturated carbocycles. The molecule has 5 rings (SSSR count). The van der Waals surface area contributed by atoms with Crippen molar-refractivity contribution in [3.8, 4) is 0 Å². The van der Waals surface area contributed by atoms with Crippen LogP contribution >= 0.6 is 0 Å². The zero-order valence-corrected chi connectivity index (χ0v) is 12.0. The Morgan fingerprint density at radius 2 is 1.86 bits per heavy atom. The standard InChI is InChI=1S/C19H18N2/c1-4-9-17-13(6-1)12-16-19(18-10-5-11-21(17)18)14-7-2-3-8-15(14)20-16/h1-4,6-9,18,20H,5,10-12H2/t18-/m1/s1. The lowest BCUT2D eigenvalue weighted by Crippen LogP contribution is -2.22. The highest BCUT2D eigenvalue weighted by Gasteiger charge is 2.34. The smallest absolute Gasteiger partial charge is 0.0567 e. The van der Waals surface area contributed by atoms with Gasteiger partial charge in [-0.2, -0.15) is 0 Å². The fourth-order valence-corrected chi connectivity index (χ4v) is 4.23. The molecule has 0 spiro atoms. The second-order valence-electron chi connectivity index (χ2n) is 6.22. The summed E-state index contributed by atoms with van der Waals surface area (Å²) in [7, 11) is 0. The number of aromatic nitrogens is 1. The number of hydrogen-bond donors (Lipinski definition) is 1. The van der Waals surface area contributed by atoms with Gasteiger partial charge < -0.3 is 9.88 Å². The first kappa shape index (κ1) is 11.4. The van der Waals surface area contributed by atoms with Crippen LogP contribution in [0.5, 0.6) is 0 Å². The van der Waals surface area contributed by atoms with Crippen LogP contribution in [0, 0.1) is 0 Å². The van der Waals surface area contributed by atoms with Crippen LogP contribution in [0.3, 0.4) is 0 Å². The van der Waals surface area contributed by atoms with Crippen molar-refractivity contribution in [1.82, 2.24) is 4.98 Å². The number of para-hydroxylation sites is 2. The monoisotopic (exact) mass is 274 g/mol. The van der Waals surface area contributed by atoms with Gasteiger partial charge in [0.15, 0.2) is 0 Å². The third kappa shape index (κ3) is 1.53. The van der Waals surface area contributed by atoms with Crippen molar-refractivity contribution in [2.24, 2.45) is 0 Å². The number of benzene rings is 2. The topological polar surface area (TPSA) is 19.0 Å². The molecule has 1 atom stereocenters. The summed E-state index contributed by atoms with van der Waals surface area (Å²) in [6.07, 6.45) is 3.58. The van der Waals surface area contributed by atoms with Crippen LogP contribution in [-0.2, 0) is 6.42 Å². The minimum atomic E-state index is 0.541. The zero-order chi connectivity index (χ0) is 13.8. The average Bonchev–Trinajstić information content (AvgIpc) is 3.09. The molecule has 3 aromatic rings. The van der Waals surface area contributed by atoms with Crippen molar-refractivity contribution in [2.75, 3.05) is 11.4 Å². The molecule has 2 aliphatic rings. The normalized spacial score (nSPS) is 20.0. The Hall–Kier alpha value is -2.22. The van der Waals surface area contributed by atoms with Gasteiger partial charge in [-0.15, -0.1) is 0 Å². The van der Waals surface area contributed by atoms with Crippen molar-refractivity contribution in [1.29, 1.82) is 0 Å². The van der Waals surface area contributed by atoms with Gasteiger partial charge in [0.05, 0.1) is 6.04 Å². The Kier molecular flexibility index (Phi) is 2.25. The second kappa shape index (κ2) is 4.14. The van der Waals surface area contributed by atoms with Crippen LogP contribution in [0.2, 0.25) is 0 Å². The maximum atomic E-state index is 3.68. The molecule has 2 nitrogen and oxygen atoms in total. The highest BCUT2D eigenvalue weighted by molar-refractivity contribution is 5.86. The first-order valence-electron chi connectivity index (χ1n) is 7.86. The van der Waals surface area contributed by atoms with Gasteiger partial charge in [0, 0.05) is 40.8 Å². The van der Waals surface area contributed by atoms with Gasteiger partial charge >= 0.3 is 0 Å². The number of aromatic amines is 1. The Labute approximate surface area is 124 Å². The summed E-state index contributed by atoms with van der Waals surface area (Å²) in [6.45, 7) is 1.18. The molecule has 1 fully saturated rings. The van der Waals surface area contributed by atoms with E-state index in [-0.39, 0.29) is 0 Å². The molecule has 0 aliphatic carbocycles. The van der Waals surface area contributed by atoms with Crippen LogP contribution < -0.4 is 4.90 Å². The molecule has 1 aromatic heterocycles. The van der Waals surface area contributed by atoms with Crippen LogP contribution in [0.15, 0.2) is 48.5 Å². The SMILES string of the molecule is c1ccc2c(c1)Cc1[nH]c3ccccc3c1[C@H]1CCCN21. The number of anilines is 1. The molecule has 0 amide bonds. The fraction of sp³-hybridized carbons (Fsp3) is 0.263. The lowest BCUT2D eigenvalue weighted by atomic mass is 9.99. The van der Waals surface area contributed by atoms with E-state index in [2.05, 4.69) is 58.4 Å². The van der Waals surface area contributed by atoms with E-state index in [9.17, 15) is 0 Å². The van der Waals surface area contributed by atoms with E-state index in [1.165, 1.54) is 47.2 Å². The summed E-state index contributed by atoms with van der Waals surface area (Å²) in [5.74, 6) is 0. The minimum absolute atomic E-state index is 0.541. The summed E-state index contributed by atoms with van der Waals surface area (Å²) >= 11 is 0. The maximum absolute atomic E-state index is 3.68. The largest absolute Gasteiger partial charge is 0.364 e. The predicted octanol–water partition coefficient (Wildman–Crippen LogP) is 4.41. The Balaban J connectivity index is 1.82. The highest BCUT2D eigenvalue weighted by Crippen LogP contribution is 2.45. The molecule has 3 heterocycles. The molecule has 1 N–H and O–H groups in total. The molecular formula is C19H18N2. The predicted molar refractivity (Wildman–Crippen MR) is 86.9 cm³/mol. The average molecular weight is 274 g/mol. The van der Waals surface area contributed by atoms with Crippen molar-refractivity contribution in [3.05, 3.63) is 65.4 Å². The van der Waals surface area contributed by atoms with Crippen molar-refractivity contribution >= 4 is 16.6 Å². The Morgan fingerprint density at radius 3 is 2.86 bits per heavy atom. The molecule has 2 heteroatoms. The van der Waals surface area contributed by atoms with E-state index < -0.39 is 0 Å². The molecule has 21 heavy (non-hydrogen) atoms. The molecule has 0 radical (unpaired) electrons. The minimum Gasteiger partial charge on any atom is -0.364 e. The second-order valence-corrected chi connectivity index (χ2v) is 6.22. The van der Waals surface area contributed by atoms with E-state index >= 15 is 0 Å². The third-order valence-corrected chi connectivity index (χ3v) is 5.08. The number of nitrogens with zero attached hydrogens (tertiary/aromatic N) is 1. The lowest BCUT2D eigenvalue weighted by molar-refractivity contribution is 0.724. The Morgan fingerprint density at radius 1 is 1.00 bits per heavy atom. The summed E-state index contributed by atoms with van der Waals surface area (Å²) in [6, 6.07) is 18.2. The Bertz CT molecular complexity index is 830. The van der Waals surface area contributed by atoms with Gasteiger partial charge in [0.25, 0.3) is 0 Å². The lowest BCUT2D eigenvalue weighted by Gasteiger charge is -2.26. The molecule has 104 valence electrons. The number of fused-ring (bicyclic) bond motifs is 7. The van der Waals surface area contributed by atoms with E-state index in [0.29, 0.717) is 6.04 Å². The number of nitrogens with one attached hydrogen (secondary N) is 1. The van der Waals surface area contributed by atoms with Gasteiger partial charge in [-0.25, -0.2) is 0 Å². The van der Waals surface area contributed by atoms with Crippen LogP contribution in [0.4, 0.5) is 5.69 Å². The molecular weight excluding hydrogens is 256 g/mol. The summed E-state index contributed by atoms with van der Waals surface area (Å²) in [4.78, 5) is 6.31. The van der Waals surface area contributed by atoms with Crippen molar-refractivity contribution in [2.45, 2.75) is 25.3 Å². The van der Waals surface area contributed by atoms with Gasteiger partial charge in [0.1, 0.15) is 0 Å². The fourth-order valence-electron chi connectivity index (χ4n) is 4.23. The number of H-pyrrole nitrogens is 1. The van der Waals surface area contributed by atoms with Crippen LogP contribution in [-0.4, -0.2) is 11.5 Å². The van der Waals surface area contributed by atoms with Gasteiger partial charge in [0.2, 0.25) is 0 Å².